The molecule has 2 aromatic rings. The number of ether oxygens (including phenoxy) is 1. The standard InChI is InChI=1S/C23H27ClN2O3/c1-18(27)20-6-10-22(11-7-20)29-16-2-3-23(28)26-14-12-25(13-15-26)17-19-4-8-21(24)9-5-19/h4-11H,2-3,12-17H2,1H3. The van der Waals surface area contributed by atoms with Crippen molar-refractivity contribution < 1.29 is 14.3 Å². The van der Waals surface area contributed by atoms with Crippen molar-refractivity contribution in [1.82, 2.24) is 9.80 Å². The molecule has 29 heavy (non-hydrogen) atoms. The van der Waals surface area contributed by atoms with Crippen molar-refractivity contribution in [2.45, 2.75) is 26.3 Å². The highest BCUT2D eigenvalue weighted by molar-refractivity contribution is 6.30. The van der Waals surface area contributed by atoms with Crippen molar-refractivity contribution in [3.8, 4) is 5.75 Å². The van der Waals surface area contributed by atoms with Crippen molar-refractivity contribution in [3.05, 3.63) is 64.7 Å². The number of hydrogen-bond donors (Lipinski definition) is 0. The van der Waals surface area contributed by atoms with Gasteiger partial charge in [0.2, 0.25) is 5.91 Å². The number of halogens is 1. The van der Waals surface area contributed by atoms with E-state index in [1.807, 2.05) is 29.2 Å². The fourth-order valence-electron chi connectivity index (χ4n) is 3.36. The number of ketones is 1. The molecule has 1 aliphatic rings. The summed E-state index contributed by atoms with van der Waals surface area (Å²) < 4.78 is 5.67. The third kappa shape index (κ3) is 6.58. The fourth-order valence-corrected chi connectivity index (χ4v) is 3.49. The molecule has 5 nitrogen and oxygen atoms in total. The van der Waals surface area contributed by atoms with Gasteiger partial charge < -0.3 is 9.64 Å². The highest BCUT2D eigenvalue weighted by Crippen LogP contribution is 2.15. The van der Waals surface area contributed by atoms with Gasteiger partial charge in [-0.25, -0.2) is 0 Å². The Bertz CT molecular complexity index is 813. The molecule has 0 spiro atoms. The normalized spacial score (nSPS) is 14.6. The number of nitrogens with zero attached hydrogens (tertiary/aromatic N) is 2. The Kier molecular flexibility index (Phi) is 7.67. The van der Waals surface area contributed by atoms with Crippen LogP contribution in [0, 0.1) is 0 Å². The van der Waals surface area contributed by atoms with Gasteiger partial charge in [0.25, 0.3) is 0 Å². The van der Waals surface area contributed by atoms with Crippen LogP contribution in [0.25, 0.3) is 0 Å². The highest BCUT2D eigenvalue weighted by atomic mass is 35.5. The van der Waals surface area contributed by atoms with E-state index in [1.54, 1.807) is 31.2 Å². The van der Waals surface area contributed by atoms with Crippen LogP contribution in [0.5, 0.6) is 5.75 Å². The van der Waals surface area contributed by atoms with E-state index in [1.165, 1.54) is 5.56 Å². The summed E-state index contributed by atoms with van der Waals surface area (Å²) in [6.45, 7) is 6.20. The van der Waals surface area contributed by atoms with Gasteiger partial charge in [-0.05, 0) is 55.3 Å². The number of amides is 1. The number of Topliss-reactive ketones (excluding diaryl/α,β-unsaturated/α-hetero) is 1. The summed E-state index contributed by atoms with van der Waals surface area (Å²) in [5, 5.41) is 0.751. The van der Waals surface area contributed by atoms with Crippen LogP contribution in [0.15, 0.2) is 48.5 Å². The van der Waals surface area contributed by atoms with Gasteiger partial charge in [0.15, 0.2) is 5.78 Å². The Morgan fingerprint density at radius 2 is 1.62 bits per heavy atom. The molecule has 0 N–H and O–H groups in total. The molecule has 2 aromatic carbocycles. The number of hydrogen-bond acceptors (Lipinski definition) is 4. The maximum Gasteiger partial charge on any atom is 0.222 e. The summed E-state index contributed by atoms with van der Waals surface area (Å²) >= 11 is 5.93. The van der Waals surface area contributed by atoms with Gasteiger partial charge in [0, 0.05) is 49.7 Å². The van der Waals surface area contributed by atoms with Crippen molar-refractivity contribution in [1.29, 1.82) is 0 Å². The minimum Gasteiger partial charge on any atom is -0.494 e. The van der Waals surface area contributed by atoms with E-state index >= 15 is 0 Å². The van der Waals surface area contributed by atoms with Gasteiger partial charge >= 0.3 is 0 Å². The van der Waals surface area contributed by atoms with Crippen LogP contribution < -0.4 is 4.74 Å². The average molecular weight is 415 g/mol. The van der Waals surface area contributed by atoms with E-state index in [0.29, 0.717) is 25.0 Å². The van der Waals surface area contributed by atoms with Crippen molar-refractivity contribution in [2.75, 3.05) is 32.8 Å². The predicted octanol–water partition coefficient (Wildman–Crippen LogP) is 4.05. The molecular weight excluding hydrogens is 388 g/mol. The Morgan fingerprint density at radius 3 is 2.24 bits per heavy atom. The number of carbonyl (C=O) groups is 2. The molecule has 154 valence electrons. The number of rotatable bonds is 8. The number of carbonyl (C=O) groups excluding carboxylic acids is 2. The quantitative estimate of drug-likeness (QED) is 0.483. The molecule has 1 aliphatic heterocycles. The molecule has 6 heteroatoms. The molecule has 1 fully saturated rings. The lowest BCUT2D eigenvalue weighted by molar-refractivity contribution is -0.133. The Labute approximate surface area is 177 Å². The minimum atomic E-state index is 0.0374. The zero-order valence-corrected chi connectivity index (χ0v) is 17.5. The molecular formula is C23H27ClN2O3. The van der Waals surface area contributed by atoms with Crippen molar-refractivity contribution in [2.24, 2.45) is 0 Å². The molecule has 0 saturated carbocycles. The van der Waals surface area contributed by atoms with Gasteiger partial charge in [0.05, 0.1) is 6.61 Å². The monoisotopic (exact) mass is 414 g/mol. The van der Waals surface area contributed by atoms with Crippen LogP contribution in [0.4, 0.5) is 0 Å². The third-order valence-electron chi connectivity index (χ3n) is 5.11. The first-order chi connectivity index (χ1) is 14.0. The van der Waals surface area contributed by atoms with Crippen LogP contribution in [0.2, 0.25) is 5.02 Å². The maximum absolute atomic E-state index is 12.4. The predicted molar refractivity (Wildman–Crippen MR) is 114 cm³/mol. The van der Waals surface area contributed by atoms with E-state index in [2.05, 4.69) is 4.90 Å². The molecule has 3 rings (SSSR count). The molecule has 0 aromatic heterocycles. The zero-order valence-electron chi connectivity index (χ0n) is 16.8. The summed E-state index contributed by atoms with van der Waals surface area (Å²) in [6.07, 6.45) is 1.17. The first kappa shape index (κ1) is 21.3. The van der Waals surface area contributed by atoms with Crippen LogP contribution >= 0.6 is 11.6 Å². The van der Waals surface area contributed by atoms with Gasteiger partial charge in [-0.15, -0.1) is 0 Å². The third-order valence-corrected chi connectivity index (χ3v) is 5.36. The molecule has 1 saturated heterocycles. The SMILES string of the molecule is CC(=O)c1ccc(OCCCC(=O)N2CCN(Cc3ccc(Cl)cc3)CC2)cc1. The Morgan fingerprint density at radius 1 is 0.966 bits per heavy atom. The lowest BCUT2D eigenvalue weighted by Gasteiger charge is -2.34. The topological polar surface area (TPSA) is 49.9 Å². The summed E-state index contributed by atoms with van der Waals surface area (Å²) in [7, 11) is 0. The van der Waals surface area contributed by atoms with Crippen LogP contribution in [-0.4, -0.2) is 54.3 Å². The second-order valence-electron chi connectivity index (χ2n) is 7.32. The average Bonchev–Trinajstić information content (AvgIpc) is 2.73. The first-order valence-electron chi connectivity index (χ1n) is 9.99. The molecule has 0 radical (unpaired) electrons. The van der Waals surface area contributed by atoms with Gasteiger partial charge in [-0.2, -0.15) is 0 Å². The largest absolute Gasteiger partial charge is 0.494 e. The van der Waals surface area contributed by atoms with E-state index in [-0.39, 0.29) is 11.7 Å². The summed E-state index contributed by atoms with van der Waals surface area (Å²) in [5.74, 6) is 0.945. The van der Waals surface area contributed by atoms with Crippen LogP contribution in [0.1, 0.15) is 35.7 Å². The lowest BCUT2D eigenvalue weighted by Crippen LogP contribution is -2.48. The number of benzene rings is 2. The van der Waals surface area contributed by atoms with Crippen LogP contribution in [0.3, 0.4) is 0 Å². The van der Waals surface area contributed by atoms with Crippen molar-refractivity contribution in [3.63, 3.8) is 0 Å². The Hall–Kier alpha value is -2.37. The second kappa shape index (κ2) is 10.4. The summed E-state index contributed by atoms with van der Waals surface area (Å²) in [5.41, 5.74) is 1.91. The zero-order chi connectivity index (χ0) is 20.6. The van der Waals surface area contributed by atoms with E-state index < -0.39 is 0 Å². The van der Waals surface area contributed by atoms with E-state index in [4.69, 9.17) is 16.3 Å². The smallest absolute Gasteiger partial charge is 0.222 e. The lowest BCUT2D eigenvalue weighted by atomic mass is 10.1. The van der Waals surface area contributed by atoms with E-state index in [9.17, 15) is 9.59 Å². The van der Waals surface area contributed by atoms with E-state index in [0.717, 1.165) is 43.5 Å². The molecule has 0 atom stereocenters. The molecule has 0 unspecified atom stereocenters. The van der Waals surface area contributed by atoms with Crippen molar-refractivity contribution >= 4 is 23.3 Å². The summed E-state index contributed by atoms with van der Waals surface area (Å²) in [6, 6.07) is 15.0. The summed E-state index contributed by atoms with van der Waals surface area (Å²) in [4.78, 5) is 28.0. The second-order valence-corrected chi connectivity index (χ2v) is 7.75. The van der Waals surface area contributed by atoms with Gasteiger partial charge in [0.1, 0.15) is 5.75 Å². The van der Waals surface area contributed by atoms with Gasteiger partial charge in [-0.3, -0.25) is 14.5 Å². The Balaban J connectivity index is 1.33. The van der Waals surface area contributed by atoms with Crippen LogP contribution in [-0.2, 0) is 11.3 Å². The fraction of sp³-hybridized carbons (Fsp3) is 0.391. The molecule has 0 aliphatic carbocycles. The maximum atomic E-state index is 12.4. The molecule has 1 amide bonds. The highest BCUT2D eigenvalue weighted by Gasteiger charge is 2.20. The molecule has 0 bridgehead atoms. The number of piperazine rings is 1. The van der Waals surface area contributed by atoms with Gasteiger partial charge in [-0.1, -0.05) is 23.7 Å². The molecule has 1 heterocycles. The first-order valence-corrected chi connectivity index (χ1v) is 10.4. The minimum absolute atomic E-state index is 0.0374.